The van der Waals surface area contributed by atoms with Crippen LogP contribution in [0.25, 0.3) is 0 Å². The molecule has 0 aromatic rings. The maximum atomic E-state index is 12.6. The van der Waals surface area contributed by atoms with Gasteiger partial charge in [0, 0.05) is 183 Å². The second-order valence-corrected chi connectivity index (χ2v) is 57.2. The summed E-state index contributed by atoms with van der Waals surface area (Å²) in [7, 11) is 2.30. The van der Waals surface area contributed by atoms with Gasteiger partial charge >= 0.3 is 6.09 Å². The summed E-state index contributed by atoms with van der Waals surface area (Å²) in [6.07, 6.45) is 10.2. The molecule has 3 amide bonds. The van der Waals surface area contributed by atoms with E-state index in [1.54, 1.807) is 13.8 Å². The van der Waals surface area contributed by atoms with Crippen molar-refractivity contribution in [3.63, 3.8) is 0 Å². The van der Waals surface area contributed by atoms with Crippen molar-refractivity contribution in [1.82, 2.24) is 58.8 Å². The number of piperazine rings is 5. The Bertz CT molecular complexity index is 3540. The zero-order valence-electron chi connectivity index (χ0n) is 90.2. The molecule has 14 aliphatic rings. The van der Waals surface area contributed by atoms with Crippen molar-refractivity contribution in [3.8, 4) is 0 Å². The van der Waals surface area contributed by atoms with E-state index in [0.29, 0.717) is 106 Å². The third-order valence-electron chi connectivity index (χ3n) is 31.4. The standard InChI is InChI=1S/C18H34N2O2.C16H32N2.2C15H28N2O.C14H28N2.C14H27NO.C13H25NO/c1-16(2,3)14-13-10-12(20(14)17(4,5)6)11-19(13)15(21)22-18(7,8)9;1-11(2)17-10-12-9-13(17)14(15(3,4)5)18(12)16(6,7)8;1-10(18)17-11-8-12(13(17)14(2,3)4)16(9-11)15(5,6)7;1-10(18)16-9-11-8-12(16)13(14(2,3)4)17(11)15(5,6)7;1-13(2,3)12-11-8-10(9-15(11)7)16(12)14(4,5)6;1-12(2,3)14-8-7-11(9-16-10-14)15(14)13(4,5)6;1-11(2,3)13-7-10(15-9-13)8-14(13)12(4,5)6/h12-14H,10-11H2,1-9H3;11-14H,9-10H2,1-8H3;2*11-13H,8-9H2,1-7H3;10-12H,8-9H2,1-7H3;11H,7-10H2,1-6H3;10H,7-9H2,1-6H3. The molecule has 0 aromatic heterocycles. The van der Waals surface area contributed by atoms with Gasteiger partial charge in [-0.25, -0.2) is 4.79 Å². The topological polar surface area (TPSA) is 118 Å². The lowest BCUT2D eigenvalue weighted by molar-refractivity contribution is -0.149. The Morgan fingerprint density at radius 3 is 1.11 bits per heavy atom. The average Bonchev–Trinajstić information content (AvgIpc) is 1.60. The van der Waals surface area contributed by atoms with Crippen molar-refractivity contribution >= 4 is 17.9 Å². The Morgan fingerprint density at radius 2 is 0.756 bits per heavy atom. The van der Waals surface area contributed by atoms with Crippen molar-refractivity contribution < 1.29 is 28.6 Å². The number of fused-ring (bicyclic) bond motifs is 14. The van der Waals surface area contributed by atoms with E-state index in [1.807, 2.05) is 25.7 Å². The summed E-state index contributed by atoms with van der Waals surface area (Å²) in [6, 6.07) is 9.60. The largest absolute Gasteiger partial charge is 0.444 e. The van der Waals surface area contributed by atoms with E-state index >= 15 is 0 Å². The van der Waals surface area contributed by atoms with Gasteiger partial charge in [0.2, 0.25) is 11.8 Å². The Hall–Kier alpha value is -2.23. The number of carbonyl (C=O) groups excluding carboxylic acids is 3. The van der Waals surface area contributed by atoms with E-state index in [1.165, 1.54) is 45.2 Å². The van der Waals surface area contributed by atoms with Gasteiger partial charge in [0.15, 0.2) is 0 Å². The lowest BCUT2D eigenvalue weighted by atomic mass is 9.70. The van der Waals surface area contributed by atoms with Crippen LogP contribution in [0.1, 0.15) is 391 Å². The lowest BCUT2D eigenvalue weighted by Gasteiger charge is -2.57. The van der Waals surface area contributed by atoms with Crippen molar-refractivity contribution in [2.75, 3.05) is 66.1 Å². The number of morpholine rings is 2. The van der Waals surface area contributed by atoms with Crippen molar-refractivity contribution in [3.05, 3.63) is 0 Å². The fourth-order valence-electron chi connectivity index (χ4n) is 27.7. The second kappa shape index (κ2) is 35.3. The summed E-state index contributed by atoms with van der Waals surface area (Å²) in [4.78, 5) is 66.8. The first kappa shape index (κ1) is 106. The first-order valence-electron chi connectivity index (χ1n) is 49.5. The van der Waals surface area contributed by atoms with Crippen molar-refractivity contribution in [2.45, 2.75) is 555 Å². The van der Waals surface area contributed by atoms with Gasteiger partial charge in [-0.15, -0.1) is 0 Å². The summed E-state index contributed by atoms with van der Waals surface area (Å²) in [6.45, 7) is 121. The molecule has 14 aliphatic heterocycles. The van der Waals surface area contributed by atoms with Gasteiger partial charge in [-0.1, -0.05) is 145 Å². The molecular formula is C105H202N12O6. The minimum Gasteiger partial charge on any atom is -0.444 e. The number of likely N-dealkylation sites (tertiary alicyclic amines) is 11. The first-order valence-corrected chi connectivity index (χ1v) is 49.5. The van der Waals surface area contributed by atoms with E-state index in [9.17, 15) is 14.4 Å². The summed E-state index contributed by atoms with van der Waals surface area (Å²) >= 11 is 0. The number of hydrogen-bond acceptors (Lipinski definition) is 15. The van der Waals surface area contributed by atoms with Gasteiger partial charge in [-0.05, 0) is 276 Å². The van der Waals surface area contributed by atoms with Crippen molar-refractivity contribution in [2.24, 2.45) is 37.9 Å². The van der Waals surface area contributed by atoms with Crippen LogP contribution in [0.5, 0.6) is 0 Å². The smallest absolute Gasteiger partial charge is 0.410 e. The number of likely N-dealkylation sites (N-methyl/N-ethyl adjacent to an activating group) is 1. The maximum absolute atomic E-state index is 12.6. The molecule has 14 rings (SSSR count). The highest BCUT2D eigenvalue weighted by atomic mass is 16.6. The van der Waals surface area contributed by atoms with E-state index < -0.39 is 5.60 Å². The van der Waals surface area contributed by atoms with Gasteiger partial charge in [0.25, 0.3) is 0 Å². The predicted molar refractivity (Wildman–Crippen MR) is 518 cm³/mol. The fourth-order valence-corrected chi connectivity index (χ4v) is 27.7. The van der Waals surface area contributed by atoms with Gasteiger partial charge in [-0.2, -0.15) is 0 Å². The Balaban J connectivity index is 0.000000179. The minimum atomic E-state index is -0.431. The number of amides is 3. The molecule has 14 heterocycles. The van der Waals surface area contributed by atoms with Gasteiger partial charge < -0.3 is 33.8 Å². The summed E-state index contributed by atoms with van der Waals surface area (Å²) in [5, 5.41) is 0. The van der Waals surface area contributed by atoms with Crippen LogP contribution in [0.15, 0.2) is 0 Å². The highest BCUT2D eigenvalue weighted by Crippen LogP contribution is 2.57. The van der Waals surface area contributed by atoms with E-state index in [2.05, 4.69) is 366 Å². The molecule has 19 unspecified atom stereocenters. The summed E-state index contributed by atoms with van der Waals surface area (Å²) in [5.74, 6) is 0.487. The molecule has 14 fully saturated rings. The van der Waals surface area contributed by atoms with Crippen LogP contribution in [-0.2, 0) is 23.8 Å². The van der Waals surface area contributed by atoms with Crippen LogP contribution in [0.4, 0.5) is 4.79 Å². The molecule has 0 N–H and O–H groups in total. The normalized spacial score (nSPS) is 34.4. The highest BCUT2D eigenvalue weighted by molar-refractivity contribution is 5.75. The van der Waals surface area contributed by atoms with Crippen LogP contribution in [-0.4, -0.2) is 307 Å². The SMILES string of the molecule is CC(=O)N1C2CC(C1C(C)(C)C)N(C(C)(C)C)C2.CC(=O)N1CC2CC1C(C(C)(C)C)N2C(C)(C)C.CC(C)(C)N1C2CCC1(C(C)(C)C)COC2.CC(C)(C)N1CC2CC1(C(C)(C)C)CO2.CC(C)(C)OC(=O)N1CC2CC1C(C(C)(C)C)N2C(C)(C)C.CC(C)N1CC2CC1C(C(C)(C)C)N2C(C)(C)C.CN1CC2CC1C(C(C)(C)C)N2C(C)(C)C. The molecule has 0 aromatic carbocycles. The summed E-state index contributed by atoms with van der Waals surface area (Å²) < 4.78 is 17.4. The second-order valence-electron chi connectivity index (χ2n) is 57.2. The molecule has 123 heavy (non-hydrogen) atoms. The zero-order chi connectivity index (χ0) is 94.7. The highest BCUT2D eigenvalue weighted by Gasteiger charge is 2.66. The number of nitrogens with zero attached hydrogens (tertiary/aromatic N) is 12. The monoisotopic (exact) mass is 1730 g/mol. The van der Waals surface area contributed by atoms with E-state index in [0.717, 1.165) is 89.4 Å². The zero-order valence-corrected chi connectivity index (χ0v) is 90.2. The van der Waals surface area contributed by atoms with Crippen LogP contribution in [0, 0.1) is 37.9 Å². The first-order chi connectivity index (χ1) is 54.8. The lowest BCUT2D eigenvalue weighted by Crippen LogP contribution is -2.67. The Morgan fingerprint density at radius 1 is 0.374 bits per heavy atom. The number of carbonyl (C=O) groups is 3. The molecule has 14 saturated heterocycles. The number of ether oxygens (including phenoxy) is 3. The Labute approximate surface area is 760 Å². The summed E-state index contributed by atoms with van der Waals surface area (Å²) in [5.41, 5.74) is 3.49. The van der Waals surface area contributed by atoms with Crippen molar-refractivity contribution in [1.29, 1.82) is 0 Å². The quantitative estimate of drug-likeness (QED) is 0.248. The van der Waals surface area contributed by atoms with E-state index in [-0.39, 0.29) is 84.4 Å². The van der Waals surface area contributed by atoms with Gasteiger partial charge in [0.05, 0.1) is 49.1 Å². The number of rotatable bonds is 1. The van der Waals surface area contributed by atoms with Crippen LogP contribution in [0.2, 0.25) is 0 Å². The molecule has 18 nitrogen and oxygen atoms in total. The maximum Gasteiger partial charge on any atom is 0.410 e. The molecule has 14 bridgehead atoms. The molecule has 718 valence electrons. The predicted octanol–water partition coefficient (Wildman–Crippen LogP) is 20.6. The molecule has 19 atom stereocenters. The Kier molecular flexibility index (Phi) is 30.5. The molecule has 0 spiro atoms. The third kappa shape index (κ3) is 22.3. The number of hydrogen-bond donors (Lipinski definition) is 0. The van der Waals surface area contributed by atoms with Gasteiger partial charge in [-0.3, -0.25) is 48.8 Å². The van der Waals surface area contributed by atoms with Crippen LogP contribution < -0.4 is 0 Å². The molecular weight excluding hydrogens is 1530 g/mol. The average molecular weight is 1730 g/mol. The molecule has 0 saturated carbocycles. The molecule has 0 aliphatic carbocycles. The fraction of sp³-hybridized carbons (Fsp3) is 0.971. The minimum absolute atomic E-state index is 0.122. The third-order valence-corrected chi connectivity index (χ3v) is 31.4. The van der Waals surface area contributed by atoms with Crippen LogP contribution >= 0.6 is 0 Å². The van der Waals surface area contributed by atoms with E-state index in [4.69, 9.17) is 14.2 Å². The molecule has 0 radical (unpaired) electrons. The van der Waals surface area contributed by atoms with Gasteiger partial charge in [0.1, 0.15) is 5.60 Å². The molecule has 18 heteroatoms. The van der Waals surface area contributed by atoms with Crippen LogP contribution in [0.3, 0.4) is 0 Å².